The Morgan fingerprint density at radius 2 is 1.86 bits per heavy atom. The lowest BCUT2D eigenvalue weighted by Gasteiger charge is -2.13. The number of hydrogen-bond acceptors (Lipinski definition) is 4. The summed E-state index contributed by atoms with van der Waals surface area (Å²) in [4.78, 5) is 29.6. The van der Waals surface area contributed by atoms with Crippen molar-refractivity contribution in [1.82, 2.24) is 18.7 Å². The molecule has 0 aliphatic carbocycles. The highest BCUT2D eigenvalue weighted by Gasteiger charge is 2.19. The highest BCUT2D eigenvalue weighted by molar-refractivity contribution is 5.71. The van der Waals surface area contributed by atoms with Crippen LogP contribution in [0, 0.1) is 0 Å². The number of aromatic nitrogens is 4. The highest BCUT2D eigenvalue weighted by atomic mass is 16.2. The number of aryl methyl sites for hydroxylation is 3. The Balaban J connectivity index is 2.85. The second kappa shape index (κ2) is 5.85. The van der Waals surface area contributed by atoms with E-state index in [1.165, 1.54) is 9.13 Å². The summed E-state index contributed by atoms with van der Waals surface area (Å²) in [6, 6.07) is -0.211. The number of rotatable bonds is 5. The molecule has 2 aromatic rings. The van der Waals surface area contributed by atoms with Gasteiger partial charge in [-0.1, -0.05) is 13.8 Å². The molecule has 7 heteroatoms. The summed E-state index contributed by atoms with van der Waals surface area (Å²) in [7, 11) is 1.81. The molecule has 2 rings (SSSR count). The molecule has 1 unspecified atom stereocenters. The summed E-state index contributed by atoms with van der Waals surface area (Å²) in [6.07, 6.45) is 1.42. The average molecular weight is 293 g/mol. The van der Waals surface area contributed by atoms with E-state index >= 15 is 0 Å². The van der Waals surface area contributed by atoms with E-state index in [-0.39, 0.29) is 23.8 Å². The van der Waals surface area contributed by atoms with Crippen molar-refractivity contribution in [2.75, 3.05) is 0 Å². The Morgan fingerprint density at radius 1 is 1.19 bits per heavy atom. The van der Waals surface area contributed by atoms with Gasteiger partial charge in [0.15, 0.2) is 11.2 Å². The smallest absolute Gasteiger partial charge is 0.326 e. The predicted octanol–water partition coefficient (Wildman–Crippen LogP) is 0.216. The molecule has 0 radical (unpaired) electrons. The van der Waals surface area contributed by atoms with Crippen molar-refractivity contribution in [3.63, 3.8) is 0 Å². The van der Waals surface area contributed by atoms with Gasteiger partial charge in [0.1, 0.15) is 5.82 Å². The maximum Gasteiger partial charge on any atom is 0.332 e. The minimum absolute atomic E-state index is 0.211. The van der Waals surface area contributed by atoms with Crippen LogP contribution in [-0.2, 0) is 26.6 Å². The molecule has 0 bridgehead atoms. The molecular formula is C14H23N5O2. The highest BCUT2D eigenvalue weighted by Crippen LogP contribution is 2.10. The van der Waals surface area contributed by atoms with Crippen LogP contribution < -0.4 is 17.0 Å². The van der Waals surface area contributed by atoms with Crippen LogP contribution in [0.4, 0.5) is 0 Å². The van der Waals surface area contributed by atoms with Crippen LogP contribution in [0.1, 0.15) is 33.0 Å². The van der Waals surface area contributed by atoms with Gasteiger partial charge in [-0.05, 0) is 13.3 Å². The van der Waals surface area contributed by atoms with Crippen LogP contribution in [-0.4, -0.2) is 24.7 Å². The fourth-order valence-corrected chi connectivity index (χ4v) is 2.53. The normalized spacial score (nSPS) is 13.0. The topological polar surface area (TPSA) is 87.8 Å². The summed E-state index contributed by atoms with van der Waals surface area (Å²) < 4.78 is 4.55. The first-order valence-electron chi connectivity index (χ1n) is 7.40. The fourth-order valence-electron chi connectivity index (χ4n) is 2.53. The van der Waals surface area contributed by atoms with Gasteiger partial charge in [0.25, 0.3) is 5.56 Å². The van der Waals surface area contributed by atoms with E-state index in [1.807, 2.05) is 27.8 Å². The van der Waals surface area contributed by atoms with Gasteiger partial charge in [0.05, 0.1) is 0 Å². The number of fused-ring (bicyclic) bond motifs is 1. The van der Waals surface area contributed by atoms with Crippen LogP contribution >= 0.6 is 0 Å². The molecule has 7 nitrogen and oxygen atoms in total. The molecule has 0 aromatic carbocycles. The SMILES string of the molecule is CCc1nc2c(c(=O)n(CC(N)CC)c(=O)n2CC)n1C. The van der Waals surface area contributed by atoms with E-state index in [0.717, 1.165) is 5.82 Å². The molecule has 1 atom stereocenters. The van der Waals surface area contributed by atoms with Crippen molar-refractivity contribution in [3.05, 3.63) is 26.7 Å². The number of hydrogen-bond donors (Lipinski definition) is 1. The standard InChI is InChI=1S/C14H23N5O2/c1-5-9(15)8-19-13(20)11-12(18(7-3)14(19)21)16-10(6-2)17(11)4/h9H,5-8,15H2,1-4H3. The lowest BCUT2D eigenvalue weighted by molar-refractivity contribution is 0.493. The van der Waals surface area contributed by atoms with E-state index in [1.54, 1.807) is 4.57 Å². The second-order valence-electron chi connectivity index (χ2n) is 5.22. The first-order chi connectivity index (χ1) is 9.96. The first-order valence-corrected chi connectivity index (χ1v) is 7.40. The quantitative estimate of drug-likeness (QED) is 0.854. The average Bonchev–Trinajstić information content (AvgIpc) is 2.80. The van der Waals surface area contributed by atoms with Gasteiger partial charge in [-0.15, -0.1) is 0 Å². The van der Waals surface area contributed by atoms with E-state index in [9.17, 15) is 9.59 Å². The Bertz CT molecular complexity index is 768. The maximum atomic E-state index is 12.7. The third-order valence-electron chi connectivity index (χ3n) is 3.91. The molecule has 116 valence electrons. The first kappa shape index (κ1) is 15.5. The van der Waals surface area contributed by atoms with Gasteiger partial charge in [0.2, 0.25) is 0 Å². The molecule has 2 aromatic heterocycles. The molecule has 0 fully saturated rings. The monoisotopic (exact) mass is 293 g/mol. The van der Waals surface area contributed by atoms with Crippen molar-refractivity contribution in [2.24, 2.45) is 12.8 Å². The van der Waals surface area contributed by atoms with Crippen LogP contribution in [0.25, 0.3) is 11.2 Å². The van der Waals surface area contributed by atoms with Gasteiger partial charge < -0.3 is 10.3 Å². The zero-order chi connectivity index (χ0) is 15.7. The minimum Gasteiger partial charge on any atom is -0.326 e. The fraction of sp³-hybridized carbons (Fsp3) is 0.643. The van der Waals surface area contributed by atoms with Crippen LogP contribution in [0.2, 0.25) is 0 Å². The lowest BCUT2D eigenvalue weighted by atomic mass is 10.2. The zero-order valence-electron chi connectivity index (χ0n) is 13.1. The minimum atomic E-state index is -0.334. The Labute approximate surface area is 123 Å². The summed E-state index contributed by atoms with van der Waals surface area (Å²) >= 11 is 0. The van der Waals surface area contributed by atoms with E-state index in [0.29, 0.717) is 30.6 Å². The summed E-state index contributed by atoms with van der Waals surface area (Å²) in [6.45, 7) is 6.48. The van der Waals surface area contributed by atoms with Crippen molar-refractivity contribution >= 4 is 11.2 Å². The third-order valence-corrected chi connectivity index (χ3v) is 3.91. The third kappa shape index (κ3) is 2.42. The van der Waals surface area contributed by atoms with Crippen LogP contribution in [0.3, 0.4) is 0 Å². The van der Waals surface area contributed by atoms with E-state index in [2.05, 4.69) is 4.98 Å². The van der Waals surface area contributed by atoms with Gasteiger partial charge in [-0.25, -0.2) is 9.78 Å². The van der Waals surface area contributed by atoms with Crippen LogP contribution in [0.5, 0.6) is 0 Å². The molecule has 0 aliphatic rings. The number of nitrogens with zero attached hydrogens (tertiary/aromatic N) is 4. The lowest BCUT2D eigenvalue weighted by Crippen LogP contribution is -2.44. The molecule has 0 aliphatic heterocycles. The second-order valence-corrected chi connectivity index (χ2v) is 5.22. The van der Waals surface area contributed by atoms with Crippen molar-refractivity contribution in [1.29, 1.82) is 0 Å². The predicted molar refractivity (Wildman–Crippen MR) is 82.6 cm³/mol. The molecule has 0 spiro atoms. The van der Waals surface area contributed by atoms with Gasteiger partial charge in [-0.3, -0.25) is 13.9 Å². The van der Waals surface area contributed by atoms with Crippen molar-refractivity contribution in [2.45, 2.75) is 52.7 Å². The van der Waals surface area contributed by atoms with Crippen molar-refractivity contribution in [3.8, 4) is 0 Å². The molecular weight excluding hydrogens is 270 g/mol. The Morgan fingerprint density at radius 3 is 2.38 bits per heavy atom. The molecule has 0 saturated carbocycles. The van der Waals surface area contributed by atoms with Gasteiger partial charge in [-0.2, -0.15) is 0 Å². The van der Waals surface area contributed by atoms with E-state index in [4.69, 9.17) is 5.73 Å². The summed E-state index contributed by atoms with van der Waals surface area (Å²) in [5.74, 6) is 0.793. The van der Waals surface area contributed by atoms with Gasteiger partial charge >= 0.3 is 5.69 Å². The van der Waals surface area contributed by atoms with Gasteiger partial charge in [0, 0.05) is 32.6 Å². The Kier molecular flexibility index (Phi) is 4.32. The van der Waals surface area contributed by atoms with Crippen LogP contribution in [0.15, 0.2) is 9.59 Å². The van der Waals surface area contributed by atoms with E-state index < -0.39 is 0 Å². The maximum absolute atomic E-state index is 12.7. The summed E-state index contributed by atoms with van der Waals surface area (Å²) in [5.41, 5.74) is 6.21. The molecule has 2 N–H and O–H groups in total. The largest absolute Gasteiger partial charge is 0.332 e. The zero-order valence-corrected chi connectivity index (χ0v) is 13.1. The number of nitrogens with two attached hydrogens (primary N) is 1. The van der Waals surface area contributed by atoms with Crippen molar-refractivity contribution < 1.29 is 0 Å². The molecule has 2 heterocycles. The number of imidazole rings is 1. The molecule has 0 amide bonds. The molecule has 21 heavy (non-hydrogen) atoms. The Hall–Kier alpha value is -1.89. The summed E-state index contributed by atoms with van der Waals surface area (Å²) in [5, 5.41) is 0. The molecule has 0 saturated heterocycles.